The second-order valence-corrected chi connectivity index (χ2v) is 13.1. The summed E-state index contributed by atoms with van der Waals surface area (Å²) in [7, 11) is 0. The molecule has 8 heteroatoms. The molecule has 4 rings (SSSR count). The third-order valence-corrected chi connectivity index (χ3v) is 9.11. The Hall–Kier alpha value is -2.94. The molecular weight excluding hydrogens is 554 g/mol. The van der Waals surface area contributed by atoms with Crippen LogP contribution in [0.25, 0.3) is 0 Å². The van der Waals surface area contributed by atoms with E-state index in [0.29, 0.717) is 24.6 Å². The number of nitrogens with one attached hydrogen (secondary N) is 2. The van der Waals surface area contributed by atoms with Gasteiger partial charge in [0.1, 0.15) is 6.04 Å². The van der Waals surface area contributed by atoms with E-state index in [9.17, 15) is 14.7 Å². The number of benzene rings is 2. The summed E-state index contributed by atoms with van der Waals surface area (Å²) in [6.45, 7) is 9.14. The zero-order chi connectivity index (χ0) is 31.3. The number of hydroxylamine groups is 1. The molecule has 2 atom stereocenters. The predicted octanol–water partition coefficient (Wildman–Crippen LogP) is 6.73. The fourth-order valence-corrected chi connectivity index (χ4v) is 6.43. The van der Waals surface area contributed by atoms with E-state index in [2.05, 4.69) is 53.8 Å². The van der Waals surface area contributed by atoms with Crippen molar-refractivity contribution in [3.8, 4) is 0 Å². The van der Waals surface area contributed by atoms with E-state index in [0.717, 1.165) is 62.4 Å². The summed E-state index contributed by atoms with van der Waals surface area (Å²) in [5.74, 6) is 0.393. The number of hydrogen-bond acceptors (Lipinski definition) is 6. The maximum absolute atomic E-state index is 12.4. The molecule has 1 unspecified atom stereocenters. The van der Waals surface area contributed by atoms with E-state index in [4.69, 9.17) is 9.57 Å². The Morgan fingerprint density at radius 2 is 1.57 bits per heavy atom. The molecule has 3 N–H and O–H groups in total. The fraction of sp³-hybridized carbons (Fsp3) is 0.611. The number of carboxylic acids is 1. The summed E-state index contributed by atoms with van der Waals surface area (Å²) in [5, 5.41) is 13.0. The minimum atomic E-state index is -0.721. The van der Waals surface area contributed by atoms with Crippen molar-refractivity contribution in [1.29, 1.82) is 0 Å². The Kier molecular flexibility index (Phi) is 13.5. The number of anilines is 1. The lowest BCUT2D eigenvalue weighted by Gasteiger charge is -2.33. The van der Waals surface area contributed by atoms with Crippen molar-refractivity contribution >= 4 is 17.6 Å². The zero-order valence-electron chi connectivity index (χ0n) is 26.9. The Labute approximate surface area is 263 Å². The van der Waals surface area contributed by atoms with E-state index >= 15 is 0 Å². The van der Waals surface area contributed by atoms with E-state index in [-0.39, 0.29) is 11.8 Å². The maximum Gasteiger partial charge on any atom is 0.320 e. The third-order valence-electron chi connectivity index (χ3n) is 9.11. The van der Waals surface area contributed by atoms with Gasteiger partial charge in [-0.3, -0.25) is 9.59 Å². The minimum absolute atomic E-state index is 0.246. The second kappa shape index (κ2) is 17.5. The van der Waals surface area contributed by atoms with Crippen molar-refractivity contribution in [2.45, 2.75) is 104 Å². The van der Waals surface area contributed by atoms with Gasteiger partial charge >= 0.3 is 5.97 Å². The van der Waals surface area contributed by atoms with Gasteiger partial charge in [0.05, 0.1) is 6.61 Å². The molecule has 1 saturated carbocycles. The standard InChI is InChI=1S/C36H53N3O5/c1-26(2)25-43-27(3)44-38-35(40)32-16-18-33(19-17-32)39-22-20-29(21-23-39)9-7-8-28-12-14-30(15-13-28)24-37-34(36(41)42)31-10-5-4-6-11-31/h12-19,26-27,29,31,34,37H,4-11,20-25H2,1-3H3,(H,38,40)(H,41,42)/t27?,34-/m0/s1. The first-order valence-corrected chi connectivity index (χ1v) is 16.7. The van der Waals surface area contributed by atoms with Gasteiger partial charge in [0.25, 0.3) is 5.91 Å². The van der Waals surface area contributed by atoms with Crippen LogP contribution in [0.2, 0.25) is 0 Å². The molecule has 1 saturated heterocycles. The molecule has 0 spiro atoms. The number of nitrogens with zero attached hydrogens (tertiary/aromatic N) is 1. The molecule has 0 aromatic heterocycles. The van der Waals surface area contributed by atoms with Gasteiger partial charge in [-0.25, -0.2) is 10.3 Å². The lowest BCUT2D eigenvalue weighted by atomic mass is 9.84. The highest BCUT2D eigenvalue weighted by molar-refractivity contribution is 5.93. The molecule has 0 bridgehead atoms. The smallest absolute Gasteiger partial charge is 0.320 e. The summed E-state index contributed by atoms with van der Waals surface area (Å²) in [6, 6.07) is 16.0. The highest BCUT2D eigenvalue weighted by Gasteiger charge is 2.28. The monoisotopic (exact) mass is 607 g/mol. The molecule has 2 aliphatic rings. The lowest BCUT2D eigenvalue weighted by molar-refractivity contribution is -0.163. The van der Waals surface area contributed by atoms with Crippen LogP contribution in [0.3, 0.4) is 0 Å². The largest absolute Gasteiger partial charge is 0.480 e. The fourth-order valence-electron chi connectivity index (χ4n) is 6.43. The van der Waals surface area contributed by atoms with Gasteiger partial charge in [0.15, 0.2) is 6.29 Å². The predicted molar refractivity (Wildman–Crippen MR) is 174 cm³/mol. The first kappa shape index (κ1) is 33.9. The van der Waals surface area contributed by atoms with Crippen molar-refractivity contribution in [3.63, 3.8) is 0 Å². The zero-order valence-corrected chi connectivity index (χ0v) is 26.9. The number of hydrogen-bond donors (Lipinski definition) is 3. The number of carbonyl (C=O) groups is 2. The van der Waals surface area contributed by atoms with Crippen LogP contribution < -0.4 is 15.7 Å². The minimum Gasteiger partial charge on any atom is -0.480 e. The average Bonchev–Trinajstić information content (AvgIpc) is 3.04. The number of aliphatic carboxylic acids is 1. The molecule has 2 aromatic rings. The summed E-state index contributed by atoms with van der Waals surface area (Å²) < 4.78 is 5.52. The molecule has 242 valence electrons. The number of carbonyl (C=O) groups excluding carboxylic acids is 1. The van der Waals surface area contributed by atoms with Crippen LogP contribution in [-0.4, -0.2) is 49.0 Å². The Balaban J connectivity index is 1.12. The highest BCUT2D eigenvalue weighted by atomic mass is 16.8. The van der Waals surface area contributed by atoms with E-state index in [1.54, 1.807) is 6.92 Å². The molecule has 2 aromatic carbocycles. The van der Waals surface area contributed by atoms with E-state index in [1.165, 1.54) is 37.7 Å². The molecule has 1 heterocycles. The van der Waals surface area contributed by atoms with Crippen molar-refractivity contribution in [3.05, 3.63) is 65.2 Å². The lowest BCUT2D eigenvalue weighted by Crippen LogP contribution is -2.43. The normalized spacial score (nSPS) is 17.9. The van der Waals surface area contributed by atoms with Crippen LogP contribution in [0, 0.1) is 17.8 Å². The van der Waals surface area contributed by atoms with Gasteiger partial charge < -0.3 is 20.1 Å². The van der Waals surface area contributed by atoms with Crippen molar-refractivity contribution in [1.82, 2.24) is 10.8 Å². The summed E-state index contributed by atoms with van der Waals surface area (Å²) in [4.78, 5) is 32.0. The average molecular weight is 608 g/mol. The third kappa shape index (κ3) is 10.9. The van der Waals surface area contributed by atoms with Crippen molar-refractivity contribution < 1.29 is 24.3 Å². The molecule has 44 heavy (non-hydrogen) atoms. The molecule has 2 fully saturated rings. The summed E-state index contributed by atoms with van der Waals surface area (Å²) in [6.07, 6.45) is 10.9. The molecule has 8 nitrogen and oxygen atoms in total. The Bertz CT molecular complexity index is 1140. The SMILES string of the molecule is CC(C)COC(C)ONC(=O)c1ccc(N2CCC(CCCc3ccc(CN[C@H](C(=O)O)C4CCCCC4)cc3)CC2)cc1. The van der Waals surface area contributed by atoms with E-state index in [1.807, 2.05) is 24.3 Å². The first-order chi connectivity index (χ1) is 21.3. The topological polar surface area (TPSA) is 100 Å². The van der Waals surface area contributed by atoms with Gasteiger partial charge in [0, 0.05) is 30.9 Å². The van der Waals surface area contributed by atoms with Gasteiger partial charge in [-0.2, -0.15) is 0 Å². The van der Waals surface area contributed by atoms with Crippen LogP contribution in [-0.2, 0) is 27.3 Å². The van der Waals surface area contributed by atoms with Crippen LogP contribution in [0.15, 0.2) is 48.5 Å². The number of amides is 1. The van der Waals surface area contributed by atoms with Gasteiger partial charge in [-0.15, -0.1) is 0 Å². The molecule has 1 aliphatic carbocycles. The quantitative estimate of drug-likeness (QED) is 0.144. The highest BCUT2D eigenvalue weighted by Crippen LogP contribution is 2.28. The van der Waals surface area contributed by atoms with Crippen molar-refractivity contribution in [2.75, 3.05) is 24.6 Å². The Morgan fingerprint density at radius 1 is 0.909 bits per heavy atom. The number of aryl methyl sites for hydroxylation is 1. The van der Waals surface area contributed by atoms with Crippen LogP contribution >= 0.6 is 0 Å². The number of piperidine rings is 1. The summed E-state index contributed by atoms with van der Waals surface area (Å²) >= 11 is 0. The number of rotatable bonds is 16. The van der Waals surface area contributed by atoms with Crippen LogP contribution in [0.4, 0.5) is 5.69 Å². The van der Waals surface area contributed by atoms with Gasteiger partial charge in [0.2, 0.25) is 0 Å². The summed E-state index contributed by atoms with van der Waals surface area (Å²) in [5.41, 5.74) is 6.69. The van der Waals surface area contributed by atoms with Gasteiger partial charge in [-0.05, 0) is 105 Å². The molecule has 1 aliphatic heterocycles. The molecule has 0 radical (unpaired) electrons. The molecule has 1 amide bonds. The number of ether oxygens (including phenoxy) is 1. The Morgan fingerprint density at radius 3 is 2.20 bits per heavy atom. The number of carboxylic acid groups (broad SMARTS) is 1. The second-order valence-electron chi connectivity index (χ2n) is 13.1. The first-order valence-electron chi connectivity index (χ1n) is 16.7. The maximum atomic E-state index is 12.4. The molecular formula is C36H53N3O5. The van der Waals surface area contributed by atoms with E-state index < -0.39 is 18.3 Å². The van der Waals surface area contributed by atoms with Crippen LogP contribution in [0.5, 0.6) is 0 Å². The van der Waals surface area contributed by atoms with Crippen molar-refractivity contribution in [2.24, 2.45) is 17.8 Å². The van der Waals surface area contributed by atoms with Crippen LogP contribution in [0.1, 0.15) is 100 Å². The van der Waals surface area contributed by atoms with Gasteiger partial charge in [-0.1, -0.05) is 57.4 Å².